The highest BCUT2D eigenvalue weighted by atomic mass is 35.5. The van der Waals surface area contributed by atoms with Gasteiger partial charge in [-0.3, -0.25) is 10.1 Å². The lowest BCUT2D eigenvalue weighted by molar-refractivity contribution is -0.386. The van der Waals surface area contributed by atoms with Gasteiger partial charge in [-0.2, -0.15) is 0 Å². The molecule has 0 aliphatic heterocycles. The quantitative estimate of drug-likeness (QED) is 0.625. The van der Waals surface area contributed by atoms with Crippen LogP contribution in [0.4, 0.5) is 10.1 Å². The third kappa shape index (κ3) is 3.24. The van der Waals surface area contributed by atoms with Crippen LogP contribution in [0.2, 0.25) is 5.02 Å². The summed E-state index contributed by atoms with van der Waals surface area (Å²) in [6.07, 6.45) is 0. The molecule has 104 valence electrons. The SMILES string of the molecule is Cc1ccc(COc2cc(F)ccc2[N+](=O)[O-])c(Cl)c1. The summed E-state index contributed by atoms with van der Waals surface area (Å²) in [4.78, 5) is 10.2. The third-order valence-corrected chi connectivity index (χ3v) is 3.06. The Morgan fingerprint density at radius 1 is 1.30 bits per heavy atom. The van der Waals surface area contributed by atoms with Gasteiger partial charge in [0.15, 0.2) is 5.75 Å². The van der Waals surface area contributed by atoms with Crippen LogP contribution in [0.5, 0.6) is 5.75 Å². The lowest BCUT2D eigenvalue weighted by atomic mass is 10.1. The predicted molar refractivity (Wildman–Crippen MR) is 73.6 cm³/mol. The minimum atomic E-state index is -0.620. The second kappa shape index (κ2) is 5.88. The van der Waals surface area contributed by atoms with Crippen molar-refractivity contribution in [1.82, 2.24) is 0 Å². The minimum Gasteiger partial charge on any atom is -0.482 e. The zero-order valence-electron chi connectivity index (χ0n) is 10.6. The van der Waals surface area contributed by atoms with E-state index in [-0.39, 0.29) is 18.0 Å². The van der Waals surface area contributed by atoms with Gasteiger partial charge in [0.1, 0.15) is 12.4 Å². The second-order valence-corrected chi connectivity index (χ2v) is 4.66. The van der Waals surface area contributed by atoms with Crippen LogP contribution in [0.25, 0.3) is 0 Å². The predicted octanol–water partition coefficient (Wildman–Crippen LogP) is 4.27. The Bertz CT molecular complexity index is 661. The summed E-state index contributed by atoms with van der Waals surface area (Å²) in [5.74, 6) is -0.716. The van der Waals surface area contributed by atoms with E-state index in [1.54, 1.807) is 12.1 Å². The topological polar surface area (TPSA) is 52.4 Å². The number of benzene rings is 2. The van der Waals surface area contributed by atoms with Gasteiger partial charge >= 0.3 is 5.69 Å². The first kappa shape index (κ1) is 14.3. The van der Waals surface area contributed by atoms with Crippen LogP contribution in [0.1, 0.15) is 11.1 Å². The number of hydrogen-bond donors (Lipinski definition) is 0. The number of aryl methyl sites for hydroxylation is 1. The van der Waals surface area contributed by atoms with Crippen molar-refractivity contribution in [1.29, 1.82) is 0 Å². The molecule has 0 saturated heterocycles. The fourth-order valence-corrected chi connectivity index (χ4v) is 1.97. The molecule has 0 amide bonds. The summed E-state index contributed by atoms with van der Waals surface area (Å²) in [5.41, 5.74) is 1.39. The van der Waals surface area contributed by atoms with Crippen LogP contribution in [0, 0.1) is 22.9 Å². The summed E-state index contributed by atoms with van der Waals surface area (Å²) in [5, 5.41) is 11.3. The number of nitrogens with zero attached hydrogens (tertiary/aromatic N) is 1. The third-order valence-electron chi connectivity index (χ3n) is 2.71. The summed E-state index contributed by atoms with van der Waals surface area (Å²) >= 11 is 6.04. The van der Waals surface area contributed by atoms with Crippen LogP contribution in [0.15, 0.2) is 36.4 Å². The van der Waals surface area contributed by atoms with Gasteiger partial charge < -0.3 is 4.74 Å². The molecule has 0 aliphatic rings. The lowest BCUT2D eigenvalue weighted by Gasteiger charge is -2.09. The van der Waals surface area contributed by atoms with Gasteiger partial charge in [-0.25, -0.2) is 4.39 Å². The van der Waals surface area contributed by atoms with Crippen LogP contribution < -0.4 is 4.74 Å². The van der Waals surface area contributed by atoms with E-state index in [2.05, 4.69) is 0 Å². The molecule has 4 nitrogen and oxygen atoms in total. The van der Waals surface area contributed by atoms with Crippen LogP contribution >= 0.6 is 11.6 Å². The molecule has 0 fully saturated rings. The van der Waals surface area contributed by atoms with Crippen LogP contribution in [-0.4, -0.2) is 4.92 Å². The molecule has 0 unspecified atom stereocenters. The van der Waals surface area contributed by atoms with Gasteiger partial charge in [0.25, 0.3) is 0 Å². The van der Waals surface area contributed by atoms with E-state index in [0.717, 1.165) is 23.8 Å². The number of hydrogen-bond acceptors (Lipinski definition) is 3. The minimum absolute atomic E-state index is 0.0312. The van der Waals surface area contributed by atoms with Crippen molar-refractivity contribution in [3.63, 3.8) is 0 Å². The summed E-state index contributed by atoms with van der Waals surface area (Å²) in [6, 6.07) is 8.46. The van der Waals surface area contributed by atoms with E-state index in [4.69, 9.17) is 16.3 Å². The Morgan fingerprint density at radius 3 is 2.70 bits per heavy atom. The molecule has 20 heavy (non-hydrogen) atoms. The largest absolute Gasteiger partial charge is 0.482 e. The van der Waals surface area contributed by atoms with Crippen molar-refractivity contribution in [2.24, 2.45) is 0 Å². The number of nitro benzene ring substituents is 1. The van der Waals surface area contributed by atoms with Crippen molar-refractivity contribution in [2.45, 2.75) is 13.5 Å². The van der Waals surface area contributed by atoms with Gasteiger partial charge in [0.2, 0.25) is 0 Å². The molecule has 0 spiro atoms. The maximum Gasteiger partial charge on any atom is 0.311 e. The highest BCUT2D eigenvalue weighted by Crippen LogP contribution is 2.29. The molecule has 2 aromatic carbocycles. The zero-order chi connectivity index (χ0) is 14.7. The van der Waals surface area contributed by atoms with Crippen LogP contribution in [-0.2, 0) is 6.61 Å². The average molecular weight is 296 g/mol. The molecule has 0 bridgehead atoms. The zero-order valence-corrected chi connectivity index (χ0v) is 11.4. The smallest absolute Gasteiger partial charge is 0.311 e. The molecule has 6 heteroatoms. The average Bonchev–Trinajstić information content (AvgIpc) is 2.37. The fraction of sp³-hybridized carbons (Fsp3) is 0.143. The van der Waals surface area contributed by atoms with E-state index >= 15 is 0 Å². The summed E-state index contributed by atoms with van der Waals surface area (Å²) in [7, 11) is 0. The Hall–Kier alpha value is -2.14. The molecule has 0 aromatic heterocycles. The van der Waals surface area contributed by atoms with E-state index in [1.807, 2.05) is 13.0 Å². The summed E-state index contributed by atoms with van der Waals surface area (Å²) in [6.45, 7) is 1.93. The first-order valence-electron chi connectivity index (χ1n) is 5.79. The highest BCUT2D eigenvalue weighted by Gasteiger charge is 2.16. The lowest BCUT2D eigenvalue weighted by Crippen LogP contribution is -2.00. The number of ether oxygens (including phenoxy) is 1. The van der Waals surface area contributed by atoms with Crippen molar-refractivity contribution < 1.29 is 14.1 Å². The van der Waals surface area contributed by atoms with Gasteiger partial charge in [0.05, 0.1) is 4.92 Å². The van der Waals surface area contributed by atoms with Gasteiger partial charge in [-0.15, -0.1) is 0 Å². The Balaban J connectivity index is 2.22. The van der Waals surface area contributed by atoms with Crippen LogP contribution in [0.3, 0.4) is 0 Å². The van der Waals surface area contributed by atoms with Crippen molar-refractivity contribution in [3.8, 4) is 5.75 Å². The molecule has 0 radical (unpaired) electrons. The number of nitro groups is 1. The Kier molecular flexibility index (Phi) is 4.20. The molecule has 0 N–H and O–H groups in total. The monoisotopic (exact) mass is 295 g/mol. The van der Waals surface area contributed by atoms with Gasteiger partial charge in [-0.05, 0) is 24.6 Å². The standard InChI is InChI=1S/C14H11ClFNO3/c1-9-2-3-10(12(15)6-9)8-20-14-7-11(16)4-5-13(14)17(18)19/h2-7H,8H2,1H3. The Morgan fingerprint density at radius 2 is 2.05 bits per heavy atom. The van der Waals surface area contributed by atoms with Crippen molar-refractivity contribution in [2.75, 3.05) is 0 Å². The molecule has 2 rings (SSSR count). The first-order chi connectivity index (χ1) is 9.47. The molecular weight excluding hydrogens is 285 g/mol. The summed E-state index contributed by atoms with van der Waals surface area (Å²) < 4.78 is 18.5. The Labute approximate surface area is 119 Å². The fourth-order valence-electron chi connectivity index (χ4n) is 1.68. The second-order valence-electron chi connectivity index (χ2n) is 4.25. The van der Waals surface area contributed by atoms with Crippen molar-refractivity contribution >= 4 is 17.3 Å². The van der Waals surface area contributed by atoms with E-state index < -0.39 is 10.7 Å². The normalized spacial score (nSPS) is 10.3. The first-order valence-corrected chi connectivity index (χ1v) is 6.17. The molecule has 0 aliphatic carbocycles. The van der Waals surface area contributed by atoms with E-state index in [9.17, 15) is 14.5 Å². The number of rotatable bonds is 4. The molecule has 0 heterocycles. The maximum absolute atomic E-state index is 13.1. The highest BCUT2D eigenvalue weighted by molar-refractivity contribution is 6.31. The van der Waals surface area contributed by atoms with E-state index in [1.165, 1.54) is 0 Å². The van der Waals surface area contributed by atoms with E-state index in [0.29, 0.717) is 10.6 Å². The molecule has 0 saturated carbocycles. The van der Waals surface area contributed by atoms with Crippen molar-refractivity contribution in [3.05, 3.63) is 68.5 Å². The van der Waals surface area contributed by atoms with Gasteiger partial charge in [-0.1, -0.05) is 23.7 Å². The number of halogens is 2. The molecule has 2 aromatic rings. The molecular formula is C14H11ClFNO3. The van der Waals surface area contributed by atoms with Gasteiger partial charge in [0, 0.05) is 22.7 Å². The maximum atomic E-state index is 13.1. The molecule has 0 atom stereocenters.